The number of hydrogen-bond acceptors (Lipinski definition) is 2. The van der Waals surface area contributed by atoms with Crippen LogP contribution in [0.25, 0.3) is 0 Å². The van der Waals surface area contributed by atoms with Crippen molar-refractivity contribution in [3.63, 3.8) is 0 Å². The number of amides is 2. The summed E-state index contributed by atoms with van der Waals surface area (Å²) < 4.78 is 0. The summed E-state index contributed by atoms with van der Waals surface area (Å²) in [5, 5.41) is 14.0. The van der Waals surface area contributed by atoms with Crippen LogP contribution in [0.3, 0.4) is 0 Å². The quantitative estimate of drug-likeness (QED) is 0.151. The van der Waals surface area contributed by atoms with Crippen LogP contribution in [0.1, 0.15) is 48.9 Å². The highest BCUT2D eigenvalue weighted by molar-refractivity contribution is 7.80. The Morgan fingerprint density at radius 3 is 1.48 bits per heavy atom. The molecule has 0 bridgehead atoms. The first-order valence-corrected chi connectivity index (χ1v) is 20.3. The minimum Gasteiger partial charge on any atom is -0.347 e. The molecule has 0 radical (unpaired) electrons. The number of rotatable bonds is 10. The summed E-state index contributed by atoms with van der Waals surface area (Å²) in [7, 11) is -1.82. The van der Waals surface area contributed by atoms with Gasteiger partial charge in [0, 0.05) is 23.2 Å². The van der Waals surface area contributed by atoms with Crippen LogP contribution in [0.4, 0.5) is 0 Å². The Morgan fingerprint density at radius 2 is 0.960 bits per heavy atom. The molecule has 6 heteroatoms. The maximum atomic E-state index is 14.3. The van der Waals surface area contributed by atoms with Gasteiger partial charge in [-0.1, -0.05) is 165 Å². The molecule has 0 aliphatic heterocycles. The molecule has 2 atom stereocenters. The van der Waals surface area contributed by atoms with Crippen LogP contribution >= 0.6 is 15.8 Å². The van der Waals surface area contributed by atoms with E-state index in [2.05, 4.69) is 120 Å². The van der Waals surface area contributed by atoms with Crippen molar-refractivity contribution in [1.29, 1.82) is 0 Å². The van der Waals surface area contributed by atoms with Gasteiger partial charge in [0.2, 0.25) is 0 Å². The molecule has 5 aromatic carbocycles. The molecule has 2 amide bonds. The Bertz CT molecular complexity index is 1880. The normalized spacial score (nSPS) is 17.5. The second kappa shape index (κ2) is 16.4. The largest absolute Gasteiger partial charge is 0.347 e. The molecular weight excluding hydrogens is 650 g/mol. The van der Waals surface area contributed by atoms with E-state index in [1.165, 1.54) is 26.5 Å². The average Bonchev–Trinajstić information content (AvgIpc) is 3.18. The van der Waals surface area contributed by atoms with E-state index in [1.807, 2.05) is 48.5 Å². The Hall–Kier alpha value is -4.62. The first-order valence-electron chi connectivity index (χ1n) is 17.6. The van der Waals surface area contributed by atoms with Crippen LogP contribution in [0.15, 0.2) is 169 Å². The molecule has 0 spiro atoms. The summed E-state index contributed by atoms with van der Waals surface area (Å²) in [6.45, 7) is 0. The molecule has 5 aromatic rings. The van der Waals surface area contributed by atoms with Gasteiger partial charge in [-0.2, -0.15) is 0 Å². The lowest BCUT2D eigenvalue weighted by molar-refractivity contribution is -0.118. The van der Waals surface area contributed by atoms with Crippen molar-refractivity contribution in [3.05, 3.63) is 174 Å². The molecule has 250 valence electrons. The average molecular weight is 693 g/mol. The van der Waals surface area contributed by atoms with E-state index in [1.54, 1.807) is 0 Å². The Morgan fingerprint density at radius 1 is 0.520 bits per heavy atom. The van der Waals surface area contributed by atoms with Gasteiger partial charge in [-0.05, 0) is 79.4 Å². The van der Waals surface area contributed by atoms with E-state index >= 15 is 0 Å². The number of allylic oxidation sites excluding steroid dienone is 2. The zero-order valence-corrected chi connectivity index (χ0v) is 29.9. The van der Waals surface area contributed by atoms with Gasteiger partial charge in [-0.3, -0.25) is 9.59 Å². The molecule has 1 saturated carbocycles. The van der Waals surface area contributed by atoms with Crippen molar-refractivity contribution in [3.8, 4) is 0 Å². The van der Waals surface area contributed by atoms with E-state index in [0.717, 1.165) is 49.4 Å². The number of hydrogen-bond donors (Lipinski definition) is 2. The highest BCUT2D eigenvalue weighted by Crippen LogP contribution is 2.48. The highest BCUT2D eigenvalue weighted by Gasteiger charge is 2.32. The fourth-order valence-electron chi connectivity index (χ4n) is 7.12. The van der Waals surface area contributed by atoms with Gasteiger partial charge in [0.15, 0.2) is 0 Å². The molecule has 2 N–H and O–H groups in total. The van der Waals surface area contributed by atoms with Gasteiger partial charge in [-0.25, -0.2) is 0 Å². The van der Waals surface area contributed by atoms with Gasteiger partial charge in [-0.15, -0.1) is 0 Å². The maximum Gasteiger partial charge on any atom is 0.252 e. The molecule has 2 aliphatic carbocycles. The standard InChI is InChI=1S/C44H42N2O2P2/c47-43(37-27-13-17-31-41(37)49(33-19-5-1-6-20-33)34-21-7-2-8-22-34)45-39-29-15-16-30-40(39)46-44(48)38-28-14-18-32-42(38)50(35-23-9-3-10-24-35)36-25-11-4-12-26-36/h1-14,17,19-28,31,39-40H,15-16,18,29-30,32H2,(H,45,47)(H,46,48). The van der Waals surface area contributed by atoms with Crippen LogP contribution in [-0.2, 0) is 4.79 Å². The summed E-state index contributed by atoms with van der Waals surface area (Å²) >= 11 is 0. The van der Waals surface area contributed by atoms with Crippen LogP contribution in [0.5, 0.6) is 0 Å². The Labute approximate surface area is 298 Å². The van der Waals surface area contributed by atoms with Gasteiger partial charge < -0.3 is 10.6 Å². The van der Waals surface area contributed by atoms with Gasteiger partial charge >= 0.3 is 0 Å². The van der Waals surface area contributed by atoms with E-state index in [0.29, 0.717) is 5.56 Å². The summed E-state index contributed by atoms with van der Waals surface area (Å²) in [6.07, 6.45) is 9.60. The lowest BCUT2D eigenvalue weighted by Crippen LogP contribution is -2.53. The predicted octanol–water partition coefficient (Wildman–Crippen LogP) is 7.34. The number of benzene rings is 5. The minimum absolute atomic E-state index is 0.0430. The fourth-order valence-corrected chi connectivity index (χ4v) is 12.2. The second-order valence-electron chi connectivity index (χ2n) is 12.8. The molecular formula is C44H42N2O2P2. The Kier molecular flexibility index (Phi) is 11.1. The minimum atomic E-state index is -0.949. The zero-order valence-electron chi connectivity index (χ0n) is 28.1. The van der Waals surface area contributed by atoms with E-state index < -0.39 is 15.8 Å². The van der Waals surface area contributed by atoms with E-state index in [-0.39, 0.29) is 23.9 Å². The van der Waals surface area contributed by atoms with Gasteiger partial charge in [0.05, 0.1) is 0 Å². The molecule has 2 unspecified atom stereocenters. The predicted molar refractivity (Wildman–Crippen MR) is 211 cm³/mol. The second-order valence-corrected chi connectivity index (χ2v) is 17.2. The van der Waals surface area contributed by atoms with E-state index in [4.69, 9.17) is 0 Å². The number of carbonyl (C=O) groups excluding carboxylic acids is 2. The molecule has 7 rings (SSSR count). The third-order valence-electron chi connectivity index (χ3n) is 9.50. The smallest absolute Gasteiger partial charge is 0.252 e. The molecule has 2 aliphatic rings. The molecule has 4 nitrogen and oxygen atoms in total. The molecule has 50 heavy (non-hydrogen) atoms. The van der Waals surface area contributed by atoms with Crippen molar-refractivity contribution in [1.82, 2.24) is 10.6 Å². The van der Waals surface area contributed by atoms with Crippen molar-refractivity contribution < 1.29 is 9.59 Å². The van der Waals surface area contributed by atoms with Crippen molar-refractivity contribution in [2.45, 2.75) is 50.6 Å². The van der Waals surface area contributed by atoms with Crippen molar-refractivity contribution >= 4 is 54.2 Å². The zero-order chi connectivity index (χ0) is 34.1. The van der Waals surface area contributed by atoms with Crippen LogP contribution < -0.4 is 37.2 Å². The van der Waals surface area contributed by atoms with Crippen molar-refractivity contribution in [2.75, 3.05) is 0 Å². The molecule has 0 aromatic heterocycles. The lowest BCUT2D eigenvalue weighted by Gasteiger charge is -2.34. The van der Waals surface area contributed by atoms with Crippen LogP contribution in [0.2, 0.25) is 0 Å². The van der Waals surface area contributed by atoms with Crippen LogP contribution in [-0.4, -0.2) is 23.9 Å². The Balaban J connectivity index is 1.16. The fraction of sp³-hybridized carbons (Fsp3) is 0.182. The van der Waals surface area contributed by atoms with Gasteiger partial charge in [0.25, 0.3) is 11.8 Å². The SMILES string of the molecule is O=C(NC1CCCCC1NC(=O)c1ccccc1P(c1ccccc1)c1ccccc1)C1=C(P(c2ccccc2)c2ccccc2)CCC=C1. The summed E-state index contributed by atoms with van der Waals surface area (Å²) in [5.41, 5.74) is 1.46. The topological polar surface area (TPSA) is 58.2 Å². The first kappa shape index (κ1) is 33.9. The third-order valence-corrected chi connectivity index (χ3v) is 14.6. The monoisotopic (exact) mass is 692 g/mol. The molecule has 0 heterocycles. The highest BCUT2D eigenvalue weighted by atomic mass is 31.1. The number of carbonyl (C=O) groups is 2. The molecule has 1 fully saturated rings. The van der Waals surface area contributed by atoms with Gasteiger partial charge in [0.1, 0.15) is 0 Å². The van der Waals surface area contributed by atoms with Crippen LogP contribution in [0, 0.1) is 0 Å². The maximum absolute atomic E-state index is 14.3. The lowest BCUT2D eigenvalue weighted by atomic mass is 9.89. The summed E-state index contributed by atoms with van der Waals surface area (Å²) in [4.78, 5) is 28.5. The van der Waals surface area contributed by atoms with E-state index in [9.17, 15) is 9.59 Å². The molecule has 0 saturated heterocycles. The number of nitrogens with one attached hydrogen (secondary N) is 2. The van der Waals surface area contributed by atoms with Crippen molar-refractivity contribution in [2.24, 2.45) is 0 Å². The summed E-state index contributed by atoms with van der Waals surface area (Å²) in [6, 6.07) is 49.9. The third kappa shape index (κ3) is 7.73. The first-order chi connectivity index (χ1) is 24.7. The summed E-state index contributed by atoms with van der Waals surface area (Å²) in [5.74, 6) is -0.126.